The molecule has 6 aliphatic heterocycles. The molecule has 84 heavy (non-hydrogen) atoms. The van der Waals surface area contributed by atoms with Crippen molar-refractivity contribution in [1.82, 2.24) is 15.6 Å². The van der Waals surface area contributed by atoms with Crippen molar-refractivity contribution in [3.05, 3.63) is 72.0 Å². The third-order valence-corrected chi connectivity index (χ3v) is 16.5. The predicted octanol–water partition coefficient (Wildman–Crippen LogP) is 5.85. The fraction of sp³-hybridized carbons (Fsp3) is 0.579. The van der Waals surface area contributed by atoms with Crippen LogP contribution < -0.4 is 34.9 Å². The van der Waals surface area contributed by atoms with Gasteiger partial charge >= 0.3 is 24.2 Å². The minimum Gasteiger partial charge on any atom is -0.442 e. The number of ether oxygens (including phenoxy) is 6. The van der Waals surface area contributed by atoms with Crippen molar-refractivity contribution in [2.75, 3.05) is 148 Å². The number of hydroxylamine groups is 5. The number of amides is 5. The first-order valence-corrected chi connectivity index (χ1v) is 28.9. The molecule has 6 heterocycles. The molecule has 456 valence electrons. The Kier molecular flexibility index (Phi) is 19.8. The van der Waals surface area contributed by atoms with E-state index in [1.807, 2.05) is 20.2 Å². The number of nitrogens with zero attached hydrogens (tertiary/aromatic N) is 8. The number of carbonyl (C=O) groups excluding carboxylic acids is 6. The lowest BCUT2D eigenvalue weighted by Gasteiger charge is -2.33. The Labute approximate surface area is 483 Å². The molecule has 27 heteroatoms. The number of cyclic esters (lactones) is 3. The van der Waals surface area contributed by atoms with Gasteiger partial charge in [-0.2, -0.15) is 5.06 Å². The topological polar surface area (TPSA) is 245 Å². The van der Waals surface area contributed by atoms with Gasteiger partial charge in [0.1, 0.15) is 35.8 Å². The fourth-order valence-corrected chi connectivity index (χ4v) is 11.0. The van der Waals surface area contributed by atoms with Crippen LogP contribution in [0.3, 0.4) is 0 Å². The van der Waals surface area contributed by atoms with Gasteiger partial charge in [-0.25, -0.2) is 42.9 Å². The van der Waals surface area contributed by atoms with E-state index in [9.17, 15) is 47.1 Å². The summed E-state index contributed by atoms with van der Waals surface area (Å²) in [6.07, 6.45) is 3.97. The van der Waals surface area contributed by atoms with Crippen molar-refractivity contribution in [3.63, 3.8) is 0 Å². The minimum atomic E-state index is -0.687. The quantitative estimate of drug-likeness (QED) is 0.0918. The molecule has 0 spiro atoms. The van der Waals surface area contributed by atoms with Crippen molar-refractivity contribution in [1.29, 1.82) is 0 Å². The lowest BCUT2D eigenvalue weighted by atomic mass is 9.84. The SMILES string of the molecule is O=C(C1CCC1)N(O)C[C@H]1CN(c2ccc(N3CCOCC3)c(F)c2)C(=O)O1.O=C(ON(C[C@H]1CN(c2ccc(N3CCOCC3)c(F)c2)C(=O)O1)C(=O)C1CCC1)C1CCC1.O=C1O[C@@H](CNO)CN1c1ccc(N2CCOCC2)c(F)c1. The van der Waals surface area contributed by atoms with E-state index in [0.29, 0.717) is 118 Å². The van der Waals surface area contributed by atoms with Crippen molar-refractivity contribution in [2.45, 2.75) is 76.1 Å². The van der Waals surface area contributed by atoms with Crippen LogP contribution in [0.1, 0.15) is 57.8 Å². The van der Waals surface area contributed by atoms with Crippen LogP contribution in [0.25, 0.3) is 0 Å². The van der Waals surface area contributed by atoms with Gasteiger partial charge in [0.05, 0.1) is 119 Å². The maximum Gasteiger partial charge on any atom is 0.414 e. The Morgan fingerprint density at radius 1 is 0.524 bits per heavy atom. The zero-order chi connectivity index (χ0) is 58.9. The standard InChI is InChI=1S/C24H30FN3O6.C19H24FN3O5.C14H18FN3O4/c25-20-13-18(7-8-21(20)26-9-11-32-12-10-26)27-14-19(33-24(27)31)15-28(22(29)16-3-1-4-16)34-23(30)17-5-2-6-17;20-16-10-14(4-5-17(16)21-6-8-27-9-7-21)22-11-15(28-19(22)25)12-23(26)18(24)13-2-1-3-13;15-12-7-10(18-9-11(8-16-20)22-14(18)19)1-2-13(12)17-3-5-21-6-4-17/h7-8,13,16-17,19H,1-6,9-12,14-15H2;4-5,10,13,15,26H,1-3,6-9,11-12H2;1-2,7,11,16,20H,3-6,8-9H2/t19-;15-;11-/m110/s1. The van der Waals surface area contributed by atoms with Crippen LogP contribution in [0.2, 0.25) is 0 Å². The van der Waals surface area contributed by atoms with Crippen molar-refractivity contribution in [3.8, 4) is 0 Å². The van der Waals surface area contributed by atoms with E-state index < -0.39 is 54.2 Å². The van der Waals surface area contributed by atoms with Gasteiger partial charge in [0, 0.05) is 51.1 Å². The first-order chi connectivity index (χ1) is 40.7. The molecule has 3 atom stereocenters. The lowest BCUT2D eigenvalue weighted by molar-refractivity contribution is -0.211. The van der Waals surface area contributed by atoms with E-state index in [1.165, 1.54) is 32.9 Å². The number of hydrogen-bond acceptors (Lipinski definition) is 19. The highest BCUT2D eigenvalue weighted by Gasteiger charge is 2.41. The van der Waals surface area contributed by atoms with Gasteiger partial charge in [0.2, 0.25) is 5.91 Å². The molecule has 6 saturated heterocycles. The highest BCUT2D eigenvalue weighted by atomic mass is 19.1. The monoisotopic (exact) mass is 1180 g/mol. The second-order valence-corrected chi connectivity index (χ2v) is 22.0. The zero-order valence-corrected chi connectivity index (χ0v) is 46.7. The molecule has 0 radical (unpaired) electrons. The van der Waals surface area contributed by atoms with Crippen LogP contribution in [0.4, 0.5) is 61.7 Å². The Morgan fingerprint density at radius 2 is 0.881 bits per heavy atom. The van der Waals surface area contributed by atoms with Gasteiger partial charge in [0.15, 0.2) is 0 Å². The Bertz CT molecular complexity index is 2830. The first-order valence-electron chi connectivity index (χ1n) is 28.9. The fourth-order valence-electron chi connectivity index (χ4n) is 11.0. The summed E-state index contributed by atoms with van der Waals surface area (Å²) in [6.45, 7) is 7.64. The van der Waals surface area contributed by atoms with Crippen LogP contribution in [0.5, 0.6) is 0 Å². The third kappa shape index (κ3) is 14.3. The van der Waals surface area contributed by atoms with E-state index in [2.05, 4.69) is 0 Å². The van der Waals surface area contributed by atoms with E-state index in [0.717, 1.165) is 62.9 Å². The van der Waals surface area contributed by atoms with Gasteiger partial charge < -0.3 is 53.2 Å². The molecule has 3 aromatic rings. The van der Waals surface area contributed by atoms with Crippen LogP contribution in [0, 0.1) is 35.2 Å². The molecular formula is C57H72F3N9O15. The van der Waals surface area contributed by atoms with E-state index in [4.69, 9.17) is 38.5 Å². The lowest BCUT2D eigenvalue weighted by Crippen LogP contribution is -2.46. The first kappa shape index (κ1) is 60.0. The van der Waals surface area contributed by atoms with Gasteiger partial charge in [-0.15, -0.1) is 0 Å². The number of anilines is 6. The number of halogens is 3. The largest absolute Gasteiger partial charge is 0.442 e. The third-order valence-electron chi connectivity index (χ3n) is 16.5. The molecule has 0 unspecified atom stereocenters. The summed E-state index contributed by atoms with van der Waals surface area (Å²) in [5.41, 5.74) is 4.63. The van der Waals surface area contributed by atoms with Gasteiger partial charge in [-0.3, -0.25) is 29.5 Å². The number of carbonyl (C=O) groups is 6. The van der Waals surface area contributed by atoms with E-state index in [1.54, 1.807) is 36.4 Å². The van der Waals surface area contributed by atoms with Crippen LogP contribution in [0.15, 0.2) is 54.6 Å². The van der Waals surface area contributed by atoms with E-state index >= 15 is 0 Å². The smallest absolute Gasteiger partial charge is 0.414 e. The summed E-state index contributed by atoms with van der Waals surface area (Å²) < 4.78 is 75.4. The van der Waals surface area contributed by atoms with Crippen molar-refractivity contribution < 1.29 is 85.6 Å². The molecule has 9 fully saturated rings. The summed E-state index contributed by atoms with van der Waals surface area (Å²) >= 11 is 0. The maximum absolute atomic E-state index is 14.8. The minimum absolute atomic E-state index is 0.0373. The molecule has 3 aliphatic carbocycles. The zero-order valence-electron chi connectivity index (χ0n) is 46.7. The summed E-state index contributed by atoms with van der Waals surface area (Å²) in [7, 11) is 0. The predicted molar refractivity (Wildman–Crippen MR) is 294 cm³/mol. The Morgan fingerprint density at radius 3 is 1.24 bits per heavy atom. The molecule has 3 N–H and O–H groups in total. The van der Waals surface area contributed by atoms with Crippen molar-refractivity contribution >= 4 is 70.2 Å². The summed E-state index contributed by atoms with van der Waals surface area (Å²) in [5, 5.41) is 20.4. The molecule has 5 amide bonds. The summed E-state index contributed by atoms with van der Waals surface area (Å²) in [6, 6.07) is 14.0. The van der Waals surface area contributed by atoms with Crippen molar-refractivity contribution in [2.24, 2.45) is 17.8 Å². The number of benzene rings is 3. The summed E-state index contributed by atoms with van der Waals surface area (Å²) in [5.74, 6) is -2.67. The molecule has 3 saturated carbocycles. The molecular weight excluding hydrogens is 1110 g/mol. The average Bonchev–Trinajstić information content (AvgIpc) is 3.74. The Hall–Kier alpha value is -7.17. The van der Waals surface area contributed by atoms with Crippen LogP contribution in [-0.4, -0.2) is 193 Å². The van der Waals surface area contributed by atoms with Gasteiger partial charge in [-0.1, -0.05) is 19.3 Å². The second-order valence-electron chi connectivity index (χ2n) is 22.0. The number of morpholine rings is 3. The highest BCUT2D eigenvalue weighted by Crippen LogP contribution is 2.35. The molecule has 3 aromatic carbocycles. The number of nitrogens with one attached hydrogen (secondary N) is 1. The van der Waals surface area contributed by atoms with E-state index in [-0.39, 0.29) is 74.7 Å². The molecule has 12 rings (SSSR count). The van der Waals surface area contributed by atoms with Crippen LogP contribution >= 0.6 is 0 Å². The number of hydrogen-bond donors (Lipinski definition) is 3. The highest BCUT2D eigenvalue weighted by molar-refractivity contribution is 5.92. The average molecular weight is 1180 g/mol. The van der Waals surface area contributed by atoms with Gasteiger partial charge in [0.25, 0.3) is 5.91 Å². The molecule has 24 nitrogen and oxygen atoms in total. The van der Waals surface area contributed by atoms with Gasteiger partial charge in [-0.05, 0) is 93.1 Å². The molecule has 9 aliphatic rings. The molecule has 0 bridgehead atoms. The molecule has 0 aromatic heterocycles. The summed E-state index contributed by atoms with van der Waals surface area (Å²) in [4.78, 5) is 89.1. The number of rotatable bonds is 15. The second kappa shape index (κ2) is 27.7. The normalized spacial score (nSPS) is 22.8. The van der Waals surface area contributed by atoms with Crippen LogP contribution in [-0.2, 0) is 47.6 Å². The maximum atomic E-state index is 14.8. The Balaban J connectivity index is 0.000000144.